The molecule has 31 heavy (non-hydrogen) atoms. The number of carbonyl (C=O) groups is 2. The van der Waals surface area contributed by atoms with Crippen LogP contribution in [-0.4, -0.2) is 67.3 Å². The molecule has 0 aromatic carbocycles. The van der Waals surface area contributed by atoms with Gasteiger partial charge in [-0.25, -0.2) is 9.97 Å². The van der Waals surface area contributed by atoms with Crippen LogP contribution in [0.2, 0.25) is 0 Å². The molecule has 4 aromatic heterocycles. The number of carbonyl (C=O) groups excluding carboxylic acids is 2. The van der Waals surface area contributed by atoms with Crippen LogP contribution in [-0.2, 0) is 6.54 Å². The quantitative estimate of drug-likeness (QED) is 0.495. The number of pyridine rings is 2. The summed E-state index contributed by atoms with van der Waals surface area (Å²) < 4.78 is 1.94. The van der Waals surface area contributed by atoms with Gasteiger partial charge in [-0.3, -0.25) is 14.6 Å². The number of fused-ring (bicyclic) bond motifs is 1. The van der Waals surface area contributed by atoms with E-state index in [0.717, 1.165) is 16.1 Å². The first-order chi connectivity index (χ1) is 15.2. The van der Waals surface area contributed by atoms with E-state index < -0.39 is 0 Å². The van der Waals surface area contributed by atoms with Crippen LogP contribution >= 0.6 is 11.3 Å². The lowest BCUT2D eigenvalue weighted by molar-refractivity contribution is 0.0538. The zero-order valence-corrected chi connectivity index (χ0v) is 17.5. The summed E-state index contributed by atoms with van der Waals surface area (Å²) in [5, 5.41) is 1.90. The number of rotatable bonds is 4. The zero-order chi connectivity index (χ0) is 21.2. The molecule has 1 fully saturated rings. The van der Waals surface area contributed by atoms with Gasteiger partial charge in [-0.05, 0) is 29.1 Å². The van der Waals surface area contributed by atoms with Crippen LogP contribution in [0.15, 0.2) is 60.6 Å². The van der Waals surface area contributed by atoms with E-state index in [-0.39, 0.29) is 11.8 Å². The molecule has 156 valence electrons. The maximum Gasteiger partial charge on any atom is 0.264 e. The molecule has 8 nitrogen and oxygen atoms in total. The first-order valence-corrected chi connectivity index (χ1v) is 10.9. The fourth-order valence-corrected chi connectivity index (χ4v) is 4.41. The van der Waals surface area contributed by atoms with E-state index in [2.05, 4.69) is 15.0 Å². The SMILES string of the molecule is O=C(c1cnc2c(c1)ncn2Cc1cccnc1)N1CCN(C(=O)c2cccs2)CC1. The van der Waals surface area contributed by atoms with E-state index >= 15 is 0 Å². The van der Waals surface area contributed by atoms with E-state index in [1.807, 2.05) is 40.4 Å². The molecular weight excluding hydrogens is 412 g/mol. The van der Waals surface area contributed by atoms with Crippen LogP contribution in [0.5, 0.6) is 0 Å². The van der Waals surface area contributed by atoms with Crippen molar-refractivity contribution in [2.75, 3.05) is 26.2 Å². The Morgan fingerprint density at radius 2 is 1.77 bits per heavy atom. The third-order valence-electron chi connectivity index (χ3n) is 5.36. The number of amides is 2. The van der Waals surface area contributed by atoms with Gasteiger partial charge in [-0.2, -0.15) is 0 Å². The molecule has 0 atom stereocenters. The van der Waals surface area contributed by atoms with Gasteiger partial charge in [0.1, 0.15) is 5.52 Å². The molecule has 9 heteroatoms. The molecule has 1 aliphatic heterocycles. The van der Waals surface area contributed by atoms with Crippen LogP contribution in [0.4, 0.5) is 0 Å². The minimum absolute atomic E-state index is 0.0318. The van der Waals surface area contributed by atoms with Gasteiger partial charge in [0.2, 0.25) is 0 Å². The van der Waals surface area contributed by atoms with Gasteiger partial charge in [0.05, 0.1) is 23.3 Å². The topological polar surface area (TPSA) is 84.2 Å². The van der Waals surface area contributed by atoms with Crippen LogP contribution in [0, 0.1) is 0 Å². The number of aromatic nitrogens is 4. The standard InChI is InChI=1S/C22H20N6O2S/c29-21(26-6-8-27(9-7-26)22(30)19-4-2-10-31-19)17-11-18-20(24-13-17)28(15-25-18)14-16-3-1-5-23-12-16/h1-5,10-13,15H,6-9,14H2. The molecule has 1 saturated heterocycles. The summed E-state index contributed by atoms with van der Waals surface area (Å²) in [7, 11) is 0. The number of nitrogens with zero attached hydrogens (tertiary/aromatic N) is 6. The summed E-state index contributed by atoms with van der Waals surface area (Å²) in [5.74, 6) is -0.0521. The number of hydrogen-bond donors (Lipinski definition) is 0. The second-order valence-electron chi connectivity index (χ2n) is 7.36. The van der Waals surface area contributed by atoms with Crippen molar-refractivity contribution in [3.8, 4) is 0 Å². The van der Waals surface area contributed by atoms with Gasteiger partial charge >= 0.3 is 0 Å². The van der Waals surface area contributed by atoms with E-state index in [1.54, 1.807) is 34.6 Å². The van der Waals surface area contributed by atoms with Gasteiger partial charge in [0.15, 0.2) is 5.65 Å². The minimum Gasteiger partial charge on any atom is -0.335 e. The lowest BCUT2D eigenvalue weighted by Gasteiger charge is -2.34. The summed E-state index contributed by atoms with van der Waals surface area (Å²) in [4.78, 5) is 42.9. The van der Waals surface area contributed by atoms with Crippen LogP contribution in [0.3, 0.4) is 0 Å². The summed E-state index contributed by atoms with van der Waals surface area (Å²) in [5.41, 5.74) is 2.98. The number of hydrogen-bond acceptors (Lipinski definition) is 6. The summed E-state index contributed by atoms with van der Waals surface area (Å²) in [6.07, 6.45) is 6.89. The third-order valence-corrected chi connectivity index (χ3v) is 6.22. The molecule has 4 aromatic rings. The van der Waals surface area contributed by atoms with Crippen molar-refractivity contribution in [1.29, 1.82) is 0 Å². The second kappa shape index (κ2) is 8.27. The van der Waals surface area contributed by atoms with E-state index in [0.29, 0.717) is 43.8 Å². The average molecular weight is 433 g/mol. The monoisotopic (exact) mass is 432 g/mol. The molecule has 0 unspecified atom stereocenters. The first-order valence-electron chi connectivity index (χ1n) is 10.0. The molecule has 0 aliphatic carbocycles. The molecule has 5 heterocycles. The minimum atomic E-state index is -0.0839. The van der Waals surface area contributed by atoms with Crippen molar-refractivity contribution in [3.63, 3.8) is 0 Å². The lowest BCUT2D eigenvalue weighted by atomic mass is 10.2. The molecule has 1 aliphatic rings. The Hall–Kier alpha value is -3.59. The van der Waals surface area contributed by atoms with Crippen molar-refractivity contribution < 1.29 is 9.59 Å². The fourth-order valence-electron chi connectivity index (χ4n) is 3.72. The Bertz CT molecular complexity index is 1210. The van der Waals surface area contributed by atoms with Crippen molar-refractivity contribution in [2.45, 2.75) is 6.54 Å². The van der Waals surface area contributed by atoms with E-state index in [1.165, 1.54) is 11.3 Å². The average Bonchev–Trinajstić information content (AvgIpc) is 3.49. The normalized spacial score (nSPS) is 14.2. The highest BCUT2D eigenvalue weighted by Gasteiger charge is 2.26. The Morgan fingerprint density at radius 1 is 0.968 bits per heavy atom. The first kappa shape index (κ1) is 19.4. The summed E-state index contributed by atoms with van der Waals surface area (Å²) in [6, 6.07) is 9.39. The van der Waals surface area contributed by atoms with Crippen molar-refractivity contribution >= 4 is 34.3 Å². The maximum atomic E-state index is 13.0. The van der Waals surface area contributed by atoms with E-state index in [4.69, 9.17) is 0 Å². The van der Waals surface area contributed by atoms with Crippen LogP contribution in [0.25, 0.3) is 11.2 Å². The van der Waals surface area contributed by atoms with Crippen molar-refractivity contribution in [2.24, 2.45) is 0 Å². The van der Waals surface area contributed by atoms with Crippen molar-refractivity contribution in [1.82, 2.24) is 29.3 Å². The highest BCUT2D eigenvalue weighted by atomic mass is 32.1. The fraction of sp³-hybridized carbons (Fsp3) is 0.227. The highest BCUT2D eigenvalue weighted by Crippen LogP contribution is 2.17. The maximum absolute atomic E-state index is 13.0. The smallest absolute Gasteiger partial charge is 0.264 e. The van der Waals surface area contributed by atoms with Gasteiger partial charge in [0, 0.05) is 44.8 Å². The lowest BCUT2D eigenvalue weighted by Crippen LogP contribution is -2.50. The summed E-state index contributed by atoms with van der Waals surface area (Å²) >= 11 is 1.44. The number of thiophene rings is 1. The van der Waals surface area contributed by atoms with Crippen LogP contribution in [0.1, 0.15) is 25.6 Å². The van der Waals surface area contributed by atoms with E-state index in [9.17, 15) is 9.59 Å². The molecule has 5 rings (SSSR count). The second-order valence-corrected chi connectivity index (χ2v) is 8.31. The number of piperazine rings is 1. The van der Waals surface area contributed by atoms with Gasteiger partial charge in [-0.1, -0.05) is 12.1 Å². The molecule has 0 saturated carbocycles. The number of imidazole rings is 1. The Kier molecular flexibility index (Phi) is 5.17. The zero-order valence-electron chi connectivity index (χ0n) is 16.7. The molecule has 0 N–H and O–H groups in total. The largest absolute Gasteiger partial charge is 0.335 e. The summed E-state index contributed by atoms with van der Waals surface area (Å²) in [6.45, 7) is 2.67. The van der Waals surface area contributed by atoms with Gasteiger partial charge < -0.3 is 14.4 Å². The Labute approximate surface area is 182 Å². The predicted molar refractivity (Wildman–Crippen MR) is 117 cm³/mol. The molecule has 0 radical (unpaired) electrons. The van der Waals surface area contributed by atoms with Gasteiger partial charge in [-0.15, -0.1) is 11.3 Å². The van der Waals surface area contributed by atoms with Crippen molar-refractivity contribution in [3.05, 3.63) is 76.6 Å². The highest BCUT2D eigenvalue weighted by molar-refractivity contribution is 7.12. The molecule has 0 spiro atoms. The third kappa shape index (κ3) is 3.91. The predicted octanol–water partition coefficient (Wildman–Crippen LogP) is 2.53. The Balaban J connectivity index is 1.27. The van der Waals surface area contributed by atoms with Crippen LogP contribution < -0.4 is 0 Å². The Morgan fingerprint density at radius 3 is 2.48 bits per heavy atom. The molecule has 0 bridgehead atoms. The molecule has 2 amide bonds. The molecular formula is C22H20N6O2S. The van der Waals surface area contributed by atoms with Gasteiger partial charge in [0.25, 0.3) is 11.8 Å².